The Morgan fingerprint density at radius 2 is 2.11 bits per heavy atom. The second-order valence-electron chi connectivity index (χ2n) is 4.57. The molecule has 1 saturated heterocycles. The summed E-state index contributed by atoms with van der Waals surface area (Å²) in [6.07, 6.45) is 1.55. The number of ether oxygens (including phenoxy) is 1. The van der Waals surface area contributed by atoms with Gasteiger partial charge in [-0.2, -0.15) is 0 Å². The fraction of sp³-hybridized carbons (Fsp3) is 0.538. The summed E-state index contributed by atoms with van der Waals surface area (Å²) in [4.78, 5) is 19.7. The average molecular weight is 264 g/mol. The number of aromatic nitrogens is 1. The van der Waals surface area contributed by atoms with Crippen LogP contribution in [0.25, 0.3) is 0 Å². The van der Waals surface area contributed by atoms with Gasteiger partial charge in [0.15, 0.2) is 0 Å². The lowest BCUT2D eigenvalue weighted by Crippen LogP contribution is -2.49. The van der Waals surface area contributed by atoms with Crippen LogP contribution >= 0.6 is 0 Å². The highest BCUT2D eigenvalue weighted by atomic mass is 16.6. The number of pyridine rings is 1. The number of hydrogen-bond donors (Lipinski definition) is 1. The van der Waals surface area contributed by atoms with E-state index in [1.54, 1.807) is 11.1 Å². The van der Waals surface area contributed by atoms with Gasteiger partial charge in [0.2, 0.25) is 0 Å². The predicted molar refractivity (Wildman–Crippen MR) is 74.2 cm³/mol. The first kappa shape index (κ1) is 13.5. The van der Waals surface area contributed by atoms with Crippen molar-refractivity contribution in [3.8, 4) is 0 Å². The third-order valence-electron chi connectivity index (χ3n) is 3.28. The van der Waals surface area contributed by atoms with Crippen molar-refractivity contribution < 1.29 is 9.53 Å². The van der Waals surface area contributed by atoms with Crippen molar-refractivity contribution in [1.82, 2.24) is 9.88 Å². The average Bonchev–Trinajstić information content (AvgIpc) is 2.42. The number of carbonyl (C=O) groups is 1. The number of amides is 1. The number of anilines is 2. The van der Waals surface area contributed by atoms with E-state index in [1.165, 1.54) is 0 Å². The molecular formula is C13H20N4O2. The van der Waals surface area contributed by atoms with Gasteiger partial charge >= 0.3 is 6.09 Å². The van der Waals surface area contributed by atoms with Crippen LogP contribution in [0.4, 0.5) is 16.3 Å². The van der Waals surface area contributed by atoms with Crippen LogP contribution in [0.5, 0.6) is 0 Å². The van der Waals surface area contributed by atoms with E-state index in [0.717, 1.165) is 24.3 Å². The van der Waals surface area contributed by atoms with Crippen LogP contribution in [-0.4, -0.2) is 48.8 Å². The number of nitrogens with two attached hydrogens (primary N) is 1. The Morgan fingerprint density at radius 3 is 2.68 bits per heavy atom. The second-order valence-corrected chi connectivity index (χ2v) is 4.57. The number of nitrogen functional groups attached to an aromatic ring is 1. The zero-order chi connectivity index (χ0) is 13.8. The van der Waals surface area contributed by atoms with E-state index in [2.05, 4.69) is 9.88 Å². The molecule has 0 spiro atoms. The molecule has 0 unspecified atom stereocenters. The van der Waals surface area contributed by atoms with E-state index in [9.17, 15) is 4.79 Å². The van der Waals surface area contributed by atoms with Gasteiger partial charge in [0.1, 0.15) is 5.82 Å². The molecule has 1 aromatic rings. The minimum atomic E-state index is -0.228. The third-order valence-corrected chi connectivity index (χ3v) is 3.28. The van der Waals surface area contributed by atoms with Gasteiger partial charge in [-0.05, 0) is 25.5 Å². The van der Waals surface area contributed by atoms with Crippen LogP contribution in [0.15, 0.2) is 12.3 Å². The Labute approximate surface area is 113 Å². The summed E-state index contributed by atoms with van der Waals surface area (Å²) in [6, 6.07) is 2.03. The highest BCUT2D eigenvalue weighted by Crippen LogP contribution is 2.19. The molecule has 6 nitrogen and oxygen atoms in total. The standard InChI is InChI=1S/C13H20N4O2/c1-3-19-13(18)17-6-4-16(5-7-17)11-8-10(2)12(14)15-9-11/h8-9H,3-7H2,1-2H3,(H2,14,15). The lowest BCUT2D eigenvalue weighted by Gasteiger charge is -2.35. The van der Waals surface area contributed by atoms with Gasteiger partial charge in [-0.1, -0.05) is 0 Å². The summed E-state index contributed by atoms with van der Waals surface area (Å²) in [7, 11) is 0. The SMILES string of the molecule is CCOC(=O)N1CCN(c2cnc(N)c(C)c2)CC1. The van der Waals surface area contributed by atoms with Gasteiger partial charge in [-0.15, -0.1) is 0 Å². The van der Waals surface area contributed by atoms with Gasteiger partial charge in [-0.25, -0.2) is 9.78 Å². The predicted octanol–water partition coefficient (Wildman–Crippen LogP) is 1.25. The van der Waals surface area contributed by atoms with E-state index in [0.29, 0.717) is 25.5 Å². The number of hydrogen-bond acceptors (Lipinski definition) is 5. The minimum Gasteiger partial charge on any atom is -0.450 e. The molecule has 0 saturated carbocycles. The highest BCUT2D eigenvalue weighted by Gasteiger charge is 2.22. The van der Waals surface area contributed by atoms with Crippen LogP contribution in [0, 0.1) is 6.92 Å². The zero-order valence-electron chi connectivity index (χ0n) is 11.4. The summed E-state index contributed by atoms with van der Waals surface area (Å²) in [5.74, 6) is 0.564. The summed E-state index contributed by atoms with van der Waals surface area (Å²) in [5, 5.41) is 0. The van der Waals surface area contributed by atoms with Crippen LogP contribution < -0.4 is 10.6 Å². The molecule has 1 amide bonds. The van der Waals surface area contributed by atoms with E-state index in [-0.39, 0.29) is 6.09 Å². The summed E-state index contributed by atoms with van der Waals surface area (Å²) < 4.78 is 5.00. The fourth-order valence-corrected chi connectivity index (χ4v) is 2.11. The number of nitrogens with zero attached hydrogens (tertiary/aromatic N) is 3. The molecule has 0 bridgehead atoms. The van der Waals surface area contributed by atoms with E-state index in [1.807, 2.05) is 19.9 Å². The Bertz CT molecular complexity index is 456. The lowest BCUT2D eigenvalue weighted by molar-refractivity contribution is 0.105. The van der Waals surface area contributed by atoms with Crippen LogP contribution in [0.1, 0.15) is 12.5 Å². The van der Waals surface area contributed by atoms with Gasteiger partial charge < -0.3 is 20.3 Å². The molecule has 1 fully saturated rings. The molecule has 1 aromatic heterocycles. The first-order valence-corrected chi connectivity index (χ1v) is 6.50. The molecule has 0 aromatic carbocycles. The Kier molecular flexibility index (Phi) is 4.09. The maximum absolute atomic E-state index is 11.6. The van der Waals surface area contributed by atoms with Gasteiger partial charge in [0.05, 0.1) is 18.5 Å². The van der Waals surface area contributed by atoms with Crippen LogP contribution in [0.2, 0.25) is 0 Å². The molecule has 2 rings (SSSR count). The Morgan fingerprint density at radius 1 is 1.42 bits per heavy atom. The summed E-state index contributed by atoms with van der Waals surface area (Å²) >= 11 is 0. The normalized spacial score (nSPS) is 15.5. The lowest BCUT2D eigenvalue weighted by atomic mass is 10.2. The number of rotatable bonds is 2. The fourth-order valence-electron chi connectivity index (χ4n) is 2.11. The van der Waals surface area contributed by atoms with Gasteiger partial charge in [0, 0.05) is 26.2 Å². The van der Waals surface area contributed by atoms with Crippen molar-refractivity contribution in [2.75, 3.05) is 43.4 Å². The van der Waals surface area contributed by atoms with Gasteiger partial charge in [-0.3, -0.25) is 0 Å². The van der Waals surface area contributed by atoms with Crippen molar-refractivity contribution in [3.05, 3.63) is 17.8 Å². The second kappa shape index (κ2) is 5.77. The maximum Gasteiger partial charge on any atom is 0.409 e. The van der Waals surface area contributed by atoms with Crippen LogP contribution in [-0.2, 0) is 4.74 Å². The molecule has 0 atom stereocenters. The van der Waals surface area contributed by atoms with Crippen molar-refractivity contribution in [1.29, 1.82) is 0 Å². The van der Waals surface area contributed by atoms with Crippen molar-refractivity contribution in [3.63, 3.8) is 0 Å². The molecule has 2 heterocycles. The first-order valence-electron chi connectivity index (χ1n) is 6.50. The maximum atomic E-state index is 11.6. The smallest absolute Gasteiger partial charge is 0.409 e. The van der Waals surface area contributed by atoms with Crippen molar-refractivity contribution in [2.45, 2.75) is 13.8 Å². The Balaban J connectivity index is 1.96. The quantitative estimate of drug-likeness (QED) is 0.870. The van der Waals surface area contributed by atoms with Crippen LogP contribution in [0.3, 0.4) is 0 Å². The number of carbonyl (C=O) groups excluding carboxylic acids is 1. The molecule has 6 heteroatoms. The zero-order valence-corrected chi connectivity index (χ0v) is 11.4. The van der Waals surface area contributed by atoms with E-state index >= 15 is 0 Å². The molecular weight excluding hydrogens is 244 g/mol. The highest BCUT2D eigenvalue weighted by molar-refractivity contribution is 5.68. The Hall–Kier alpha value is -1.98. The largest absolute Gasteiger partial charge is 0.450 e. The van der Waals surface area contributed by atoms with E-state index in [4.69, 9.17) is 10.5 Å². The molecule has 19 heavy (non-hydrogen) atoms. The van der Waals surface area contributed by atoms with Crippen molar-refractivity contribution >= 4 is 17.6 Å². The monoisotopic (exact) mass is 264 g/mol. The first-order chi connectivity index (χ1) is 9.11. The molecule has 1 aliphatic heterocycles. The number of piperazine rings is 1. The summed E-state index contributed by atoms with van der Waals surface area (Å²) in [6.45, 7) is 7.08. The van der Waals surface area contributed by atoms with Crippen molar-refractivity contribution in [2.24, 2.45) is 0 Å². The molecule has 104 valence electrons. The number of aryl methyl sites for hydroxylation is 1. The molecule has 2 N–H and O–H groups in total. The van der Waals surface area contributed by atoms with E-state index < -0.39 is 0 Å². The molecule has 1 aliphatic rings. The minimum absolute atomic E-state index is 0.228. The van der Waals surface area contributed by atoms with Gasteiger partial charge in [0.25, 0.3) is 0 Å². The summed E-state index contributed by atoms with van der Waals surface area (Å²) in [5.41, 5.74) is 7.74. The molecule has 0 aliphatic carbocycles. The topological polar surface area (TPSA) is 71.7 Å². The molecule has 0 radical (unpaired) electrons. The third kappa shape index (κ3) is 3.07.